The first-order valence-corrected chi connectivity index (χ1v) is 6.58. The van der Waals surface area contributed by atoms with E-state index in [0.29, 0.717) is 0 Å². The molecule has 1 N–H and O–H groups in total. The molecule has 0 amide bonds. The zero-order chi connectivity index (χ0) is 12.5. The first-order valence-electron chi connectivity index (χ1n) is 5.70. The molecule has 17 heavy (non-hydrogen) atoms. The van der Waals surface area contributed by atoms with Crippen LogP contribution in [0.15, 0.2) is 11.6 Å². The number of nitrogens with zero attached hydrogens (tertiary/aromatic N) is 2. The summed E-state index contributed by atoms with van der Waals surface area (Å²) in [5.41, 5.74) is 1.37. The Kier molecular flexibility index (Phi) is 3.40. The summed E-state index contributed by atoms with van der Waals surface area (Å²) in [4.78, 5) is 5.41. The van der Waals surface area contributed by atoms with Gasteiger partial charge in [-0.2, -0.15) is 4.98 Å². The average molecular weight is 253 g/mol. The molecule has 0 aliphatic rings. The zero-order valence-electron chi connectivity index (χ0n) is 10.8. The minimum Gasteiger partial charge on any atom is -0.480 e. The van der Waals surface area contributed by atoms with Gasteiger partial charge in [0.1, 0.15) is 5.69 Å². The predicted molar refractivity (Wildman–Crippen MR) is 70.8 cm³/mol. The Morgan fingerprint density at radius 2 is 2.24 bits per heavy atom. The number of ether oxygens (including phenoxy) is 1. The van der Waals surface area contributed by atoms with E-state index in [4.69, 9.17) is 4.74 Å². The first kappa shape index (κ1) is 12.4. The van der Waals surface area contributed by atoms with Crippen LogP contribution in [0.1, 0.15) is 26.5 Å². The van der Waals surface area contributed by atoms with E-state index in [0.717, 1.165) is 29.6 Å². The lowest BCUT2D eigenvalue weighted by Crippen LogP contribution is -2.26. The molecule has 2 heterocycles. The van der Waals surface area contributed by atoms with Gasteiger partial charge < -0.3 is 10.1 Å². The molecule has 0 radical (unpaired) electrons. The van der Waals surface area contributed by atoms with Crippen LogP contribution in [0.3, 0.4) is 0 Å². The molecule has 0 unspecified atom stereocenters. The maximum Gasteiger partial charge on any atom is 0.237 e. The average Bonchev–Trinajstić information content (AvgIpc) is 2.77. The van der Waals surface area contributed by atoms with Gasteiger partial charge in [0.25, 0.3) is 0 Å². The van der Waals surface area contributed by atoms with Gasteiger partial charge in [-0.25, -0.2) is 0 Å². The smallest absolute Gasteiger partial charge is 0.237 e. The third kappa shape index (κ3) is 2.79. The van der Waals surface area contributed by atoms with Gasteiger partial charge >= 0.3 is 0 Å². The zero-order valence-corrected chi connectivity index (χ0v) is 11.6. The maximum absolute atomic E-state index is 5.31. The molecule has 5 heteroatoms. The van der Waals surface area contributed by atoms with Gasteiger partial charge in [0, 0.05) is 24.7 Å². The second-order valence-corrected chi connectivity index (χ2v) is 6.16. The lowest BCUT2D eigenvalue weighted by Gasteiger charge is -2.18. The number of methoxy groups -OCH3 is 1. The van der Waals surface area contributed by atoms with Gasteiger partial charge in [0.2, 0.25) is 5.88 Å². The topological polar surface area (TPSA) is 38.6 Å². The van der Waals surface area contributed by atoms with E-state index in [2.05, 4.69) is 35.5 Å². The summed E-state index contributed by atoms with van der Waals surface area (Å²) in [6.07, 6.45) is 2.03. The molecule has 2 rings (SSSR count). The Hall–Kier alpha value is -1.07. The summed E-state index contributed by atoms with van der Waals surface area (Å²) in [6, 6.07) is 0. The van der Waals surface area contributed by atoms with E-state index >= 15 is 0 Å². The highest BCUT2D eigenvalue weighted by Crippen LogP contribution is 2.23. The van der Waals surface area contributed by atoms with Crippen LogP contribution >= 0.6 is 11.3 Å². The highest BCUT2D eigenvalue weighted by atomic mass is 32.1. The van der Waals surface area contributed by atoms with Crippen LogP contribution in [0.5, 0.6) is 5.88 Å². The van der Waals surface area contributed by atoms with E-state index < -0.39 is 0 Å². The van der Waals surface area contributed by atoms with Crippen LogP contribution in [-0.2, 0) is 6.54 Å². The van der Waals surface area contributed by atoms with Crippen molar-refractivity contribution in [2.75, 3.05) is 13.7 Å². The molecule has 0 aliphatic heterocycles. The number of aromatic nitrogens is 2. The molecule has 0 aromatic carbocycles. The Morgan fingerprint density at radius 3 is 2.88 bits per heavy atom. The molecule has 94 valence electrons. The van der Waals surface area contributed by atoms with Crippen molar-refractivity contribution in [3.05, 3.63) is 17.3 Å². The quantitative estimate of drug-likeness (QED) is 0.910. The van der Waals surface area contributed by atoms with Crippen molar-refractivity contribution in [3.8, 4) is 5.88 Å². The molecule has 0 fully saturated rings. The van der Waals surface area contributed by atoms with E-state index in [1.54, 1.807) is 18.4 Å². The number of hydrogen-bond acceptors (Lipinski definition) is 4. The third-order valence-electron chi connectivity index (χ3n) is 2.47. The van der Waals surface area contributed by atoms with Crippen LogP contribution < -0.4 is 10.1 Å². The Bertz CT molecular complexity index is 495. The number of fused-ring (bicyclic) bond motifs is 1. The number of imidazole rings is 1. The molecule has 0 saturated carbocycles. The number of nitrogens with one attached hydrogen (secondary N) is 1. The summed E-state index contributed by atoms with van der Waals surface area (Å²) in [6.45, 7) is 8.39. The van der Waals surface area contributed by atoms with Crippen molar-refractivity contribution >= 4 is 16.3 Å². The van der Waals surface area contributed by atoms with Crippen LogP contribution in [0, 0.1) is 5.41 Å². The second kappa shape index (κ2) is 4.66. The fourth-order valence-corrected chi connectivity index (χ4v) is 2.42. The van der Waals surface area contributed by atoms with E-state index in [-0.39, 0.29) is 5.41 Å². The Balaban J connectivity index is 2.13. The summed E-state index contributed by atoms with van der Waals surface area (Å²) in [5.74, 6) is 0.721. The lowest BCUT2D eigenvalue weighted by atomic mass is 9.97. The summed E-state index contributed by atoms with van der Waals surface area (Å²) >= 11 is 1.62. The standard InChI is InChI=1S/C12H19N3OS/c1-12(2,3)8-13-7-9-10(16-4)14-11-15(9)5-6-17-11/h5-6,13H,7-8H2,1-4H3. The van der Waals surface area contributed by atoms with Crippen LogP contribution in [-0.4, -0.2) is 23.0 Å². The molecule has 0 bridgehead atoms. The number of hydrogen-bond donors (Lipinski definition) is 1. The van der Waals surface area contributed by atoms with E-state index in [1.165, 1.54) is 0 Å². The van der Waals surface area contributed by atoms with E-state index in [9.17, 15) is 0 Å². The lowest BCUT2D eigenvalue weighted by molar-refractivity contribution is 0.367. The number of rotatable bonds is 4. The molecule has 0 spiro atoms. The van der Waals surface area contributed by atoms with Gasteiger partial charge in [-0.3, -0.25) is 4.40 Å². The largest absolute Gasteiger partial charge is 0.480 e. The van der Waals surface area contributed by atoms with Gasteiger partial charge in [-0.1, -0.05) is 20.8 Å². The first-order chi connectivity index (χ1) is 8.01. The Labute approximate surface area is 106 Å². The molecular weight excluding hydrogens is 234 g/mol. The summed E-state index contributed by atoms with van der Waals surface area (Å²) < 4.78 is 7.39. The van der Waals surface area contributed by atoms with Crippen LogP contribution in [0.25, 0.3) is 4.96 Å². The molecule has 0 saturated heterocycles. The van der Waals surface area contributed by atoms with Crippen molar-refractivity contribution in [1.29, 1.82) is 0 Å². The van der Waals surface area contributed by atoms with Gasteiger partial charge in [-0.05, 0) is 5.41 Å². The Morgan fingerprint density at radius 1 is 1.47 bits per heavy atom. The van der Waals surface area contributed by atoms with Gasteiger partial charge in [0.15, 0.2) is 4.96 Å². The summed E-state index contributed by atoms with van der Waals surface area (Å²) in [7, 11) is 1.67. The number of thiazole rings is 1. The minimum absolute atomic E-state index is 0.283. The summed E-state index contributed by atoms with van der Waals surface area (Å²) in [5, 5.41) is 5.48. The van der Waals surface area contributed by atoms with Crippen molar-refractivity contribution < 1.29 is 4.74 Å². The SMILES string of the molecule is COc1nc2sccn2c1CNCC(C)(C)C. The minimum atomic E-state index is 0.283. The van der Waals surface area contributed by atoms with Crippen LogP contribution in [0.2, 0.25) is 0 Å². The molecule has 0 atom stereocenters. The second-order valence-electron chi connectivity index (χ2n) is 5.29. The van der Waals surface area contributed by atoms with Gasteiger partial charge in [-0.15, -0.1) is 11.3 Å². The molecule has 4 nitrogen and oxygen atoms in total. The fraction of sp³-hybridized carbons (Fsp3) is 0.583. The molecule has 2 aromatic heterocycles. The third-order valence-corrected chi connectivity index (χ3v) is 3.22. The van der Waals surface area contributed by atoms with Gasteiger partial charge in [0.05, 0.1) is 7.11 Å². The molecule has 2 aromatic rings. The maximum atomic E-state index is 5.31. The molecular formula is C12H19N3OS. The normalized spacial score (nSPS) is 12.2. The predicted octanol–water partition coefficient (Wildman–Crippen LogP) is 2.54. The van der Waals surface area contributed by atoms with E-state index in [1.807, 2.05) is 11.6 Å². The van der Waals surface area contributed by atoms with Crippen molar-refractivity contribution in [1.82, 2.24) is 14.7 Å². The van der Waals surface area contributed by atoms with Crippen molar-refractivity contribution in [2.45, 2.75) is 27.3 Å². The fourth-order valence-electron chi connectivity index (χ4n) is 1.69. The highest BCUT2D eigenvalue weighted by Gasteiger charge is 2.15. The monoisotopic (exact) mass is 253 g/mol. The van der Waals surface area contributed by atoms with Crippen molar-refractivity contribution in [2.24, 2.45) is 5.41 Å². The highest BCUT2D eigenvalue weighted by molar-refractivity contribution is 7.15. The molecule has 0 aliphatic carbocycles. The van der Waals surface area contributed by atoms with Crippen LogP contribution in [0.4, 0.5) is 0 Å². The van der Waals surface area contributed by atoms with Crippen molar-refractivity contribution in [3.63, 3.8) is 0 Å².